The van der Waals surface area contributed by atoms with Gasteiger partial charge in [0.05, 0.1) is 17.8 Å². The lowest BCUT2D eigenvalue weighted by Crippen LogP contribution is -2.30. The summed E-state index contributed by atoms with van der Waals surface area (Å²) in [6.07, 6.45) is 5.55. The Bertz CT molecular complexity index is 676. The van der Waals surface area contributed by atoms with E-state index in [1.54, 1.807) is 30.6 Å². The van der Waals surface area contributed by atoms with E-state index in [0.717, 1.165) is 24.3 Å². The minimum Gasteiger partial charge on any atom is -0.493 e. The smallest absolute Gasteiger partial charge is 0.257 e. The maximum absolute atomic E-state index is 11.9. The molecule has 3 rings (SSSR count). The Morgan fingerprint density at radius 1 is 1.25 bits per heavy atom. The Balaban J connectivity index is 1.42. The first-order valence-corrected chi connectivity index (χ1v) is 9.08. The van der Waals surface area contributed by atoms with Crippen molar-refractivity contribution in [2.75, 3.05) is 20.3 Å². The Morgan fingerprint density at radius 2 is 2.04 bits per heavy atom. The summed E-state index contributed by atoms with van der Waals surface area (Å²) in [4.78, 5) is 18.0. The van der Waals surface area contributed by atoms with Crippen LogP contribution in [-0.4, -0.2) is 31.2 Å². The number of amides is 1. The molecule has 0 spiro atoms. The molecule has 1 aliphatic rings. The number of methoxy groups -OCH3 is 1. The van der Waals surface area contributed by atoms with Gasteiger partial charge >= 0.3 is 0 Å². The second kappa shape index (κ2) is 8.15. The van der Waals surface area contributed by atoms with Crippen molar-refractivity contribution in [1.29, 1.82) is 0 Å². The summed E-state index contributed by atoms with van der Waals surface area (Å²) in [7, 11) is 1.58. The number of hydrogen-bond acceptors (Lipinski definition) is 5. The van der Waals surface area contributed by atoms with Gasteiger partial charge in [0.25, 0.3) is 5.91 Å². The fourth-order valence-electron chi connectivity index (χ4n) is 2.75. The number of nitrogens with one attached hydrogen (secondary N) is 1. The Hall–Kier alpha value is -2.08. The minimum absolute atomic E-state index is 0.0191. The van der Waals surface area contributed by atoms with Gasteiger partial charge in [-0.25, -0.2) is 4.98 Å². The van der Waals surface area contributed by atoms with E-state index in [9.17, 15) is 4.79 Å². The monoisotopic (exact) mass is 346 g/mol. The van der Waals surface area contributed by atoms with Gasteiger partial charge in [0.15, 0.2) is 18.1 Å². The van der Waals surface area contributed by atoms with E-state index in [0.29, 0.717) is 18.0 Å². The minimum atomic E-state index is -0.137. The summed E-state index contributed by atoms with van der Waals surface area (Å²) >= 11 is 1.79. The van der Waals surface area contributed by atoms with Crippen LogP contribution in [0.25, 0.3) is 0 Å². The Morgan fingerprint density at radius 3 is 2.83 bits per heavy atom. The van der Waals surface area contributed by atoms with Crippen LogP contribution in [0.4, 0.5) is 0 Å². The maximum Gasteiger partial charge on any atom is 0.257 e. The average molecular weight is 346 g/mol. The molecule has 24 heavy (non-hydrogen) atoms. The Kier molecular flexibility index (Phi) is 5.69. The number of carbonyl (C=O) groups excluding carboxylic acids is 1. The van der Waals surface area contributed by atoms with Crippen LogP contribution in [0.2, 0.25) is 0 Å². The summed E-state index contributed by atoms with van der Waals surface area (Å²) in [6.45, 7) is 0.565. The van der Waals surface area contributed by atoms with Crippen molar-refractivity contribution in [3.05, 3.63) is 39.8 Å². The van der Waals surface area contributed by atoms with Gasteiger partial charge in [-0.1, -0.05) is 12.1 Å². The SMILES string of the molecule is COc1ccccc1OCC(=O)NCCc1nc2c(s1)CCCC2. The molecular formula is C18H22N2O3S. The zero-order valence-electron chi connectivity index (χ0n) is 13.8. The zero-order valence-corrected chi connectivity index (χ0v) is 14.7. The first-order chi connectivity index (χ1) is 11.8. The van der Waals surface area contributed by atoms with Crippen LogP contribution in [0.1, 0.15) is 28.4 Å². The molecule has 5 nitrogen and oxygen atoms in total. The van der Waals surface area contributed by atoms with Crippen molar-refractivity contribution in [1.82, 2.24) is 10.3 Å². The summed E-state index contributed by atoms with van der Waals surface area (Å²) in [5.74, 6) is 1.06. The summed E-state index contributed by atoms with van der Waals surface area (Å²) in [5.41, 5.74) is 1.27. The van der Waals surface area contributed by atoms with Crippen LogP contribution < -0.4 is 14.8 Å². The van der Waals surface area contributed by atoms with E-state index in [1.807, 2.05) is 12.1 Å². The molecule has 1 aromatic carbocycles. The number of carbonyl (C=O) groups is 1. The lowest BCUT2D eigenvalue weighted by molar-refractivity contribution is -0.123. The van der Waals surface area contributed by atoms with Gasteiger partial charge in [-0.3, -0.25) is 4.79 Å². The fourth-order valence-corrected chi connectivity index (χ4v) is 3.91. The molecule has 1 aromatic heterocycles. The number of rotatable bonds is 7. The molecule has 0 saturated carbocycles. The van der Waals surface area contributed by atoms with E-state index >= 15 is 0 Å². The predicted octanol–water partition coefficient (Wildman–Crippen LogP) is 2.77. The second-order valence-corrected chi connectivity index (χ2v) is 6.89. The number of aromatic nitrogens is 1. The normalized spacial score (nSPS) is 13.2. The molecule has 128 valence electrons. The van der Waals surface area contributed by atoms with E-state index < -0.39 is 0 Å². The standard InChI is InChI=1S/C18H22N2O3S/c1-22-14-7-3-4-8-15(14)23-12-17(21)19-11-10-18-20-13-6-2-5-9-16(13)24-18/h3-4,7-8H,2,5-6,9-12H2,1H3,(H,19,21). The summed E-state index contributed by atoms with van der Waals surface area (Å²) in [5, 5.41) is 4.00. The van der Waals surface area contributed by atoms with E-state index in [2.05, 4.69) is 10.3 Å². The third-order valence-electron chi connectivity index (χ3n) is 3.98. The fraction of sp³-hybridized carbons (Fsp3) is 0.444. The van der Waals surface area contributed by atoms with Crippen LogP contribution in [-0.2, 0) is 24.1 Å². The summed E-state index contributed by atoms with van der Waals surface area (Å²) in [6, 6.07) is 7.29. The van der Waals surface area contributed by atoms with Crippen molar-refractivity contribution in [2.45, 2.75) is 32.1 Å². The third-order valence-corrected chi connectivity index (χ3v) is 5.20. The van der Waals surface area contributed by atoms with Gasteiger partial charge < -0.3 is 14.8 Å². The average Bonchev–Trinajstić information content (AvgIpc) is 3.03. The molecule has 0 fully saturated rings. The van der Waals surface area contributed by atoms with E-state index in [1.165, 1.54) is 23.4 Å². The number of nitrogens with zero attached hydrogens (tertiary/aromatic N) is 1. The van der Waals surface area contributed by atoms with Gasteiger partial charge in [0.1, 0.15) is 0 Å². The van der Waals surface area contributed by atoms with Crippen LogP contribution in [0.3, 0.4) is 0 Å². The van der Waals surface area contributed by atoms with Gasteiger partial charge in [0.2, 0.25) is 0 Å². The second-order valence-electron chi connectivity index (χ2n) is 5.72. The highest BCUT2D eigenvalue weighted by molar-refractivity contribution is 7.11. The number of thiazole rings is 1. The number of ether oxygens (including phenoxy) is 2. The molecule has 1 aliphatic carbocycles. The van der Waals surface area contributed by atoms with Crippen molar-refractivity contribution >= 4 is 17.2 Å². The molecule has 1 heterocycles. The number of benzene rings is 1. The molecule has 0 atom stereocenters. The lowest BCUT2D eigenvalue weighted by atomic mass is 10.0. The molecule has 1 N–H and O–H groups in total. The van der Waals surface area contributed by atoms with Crippen LogP contribution >= 0.6 is 11.3 Å². The number of fused-ring (bicyclic) bond motifs is 1. The van der Waals surface area contributed by atoms with Gasteiger partial charge in [-0.2, -0.15) is 0 Å². The molecule has 0 radical (unpaired) electrons. The highest BCUT2D eigenvalue weighted by atomic mass is 32.1. The largest absolute Gasteiger partial charge is 0.493 e. The quantitative estimate of drug-likeness (QED) is 0.837. The zero-order chi connectivity index (χ0) is 16.8. The van der Waals surface area contributed by atoms with E-state index in [4.69, 9.17) is 9.47 Å². The summed E-state index contributed by atoms with van der Waals surface area (Å²) < 4.78 is 10.7. The van der Waals surface area contributed by atoms with Crippen molar-refractivity contribution in [3.63, 3.8) is 0 Å². The lowest BCUT2D eigenvalue weighted by Gasteiger charge is -2.10. The molecule has 0 aliphatic heterocycles. The molecule has 2 aromatic rings. The molecule has 6 heteroatoms. The van der Waals surface area contributed by atoms with Crippen molar-refractivity contribution < 1.29 is 14.3 Å². The van der Waals surface area contributed by atoms with Gasteiger partial charge in [0, 0.05) is 17.8 Å². The number of hydrogen-bond donors (Lipinski definition) is 1. The highest BCUT2D eigenvalue weighted by Gasteiger charge is 2.15. The van der Waals surface area contributed by atoms with Crippen molar-refractivity contribution in [3.8, 4) is 11.5 Å². The van der Waals surface area contributed by atoms with Gasteiger partial charge in [-0.15, -0.1) is 11.3 Å². The van der Waals surface area contributed by atoms with Crippen LogP contribution in [0, 0.1) is 0 Å². The highest BCUT2D eigenvalue weighted by Crippen LogP contribution is 2.27. The molecule has 0 bridgehead atoms. The maximum atomic E-state index is 11.9. The first kappa shape index (κ1) is 16.8. The molecule has 0 unspecified atom stereocenters. The van der Waals surface area contributed by atoms with Crippen molar-refractivity contribution in [2.24, 2.45) is 0 Å². The molecular weight excluding hydrogens is 324 g/mol. The van der Waals surface area contributed by atoms with Crippen LogP contribution in [0.5, 0.6) is 11.5 Å². The topological polar surface area (TPSA) is 60.5 Å². The molecule has 1 amide bonds. The predicted molar refractivity (Wildman–Crippen MR) is 94.0 cm³/mol. The van der Waals surface area contributed by atoms with Gasteiger partial charge in [-0.05, 0) is 37.8 Å². The third kappa shape index (κ3) is 4.26. The number of para-hydroxylation sites is 2. The van der Waals surface area contributed by atoms with E-state index in [-0.39, 0.29) is 12.5 Å². The Labute approximate surface area is 146 Å². The molecule has 0 saturated heterocycles. The number of aryl methyl sites for hydroxylation is 2. The first-order valence-electron chi connectivity index (χ1n) is 8.26. The van der Waals surface area contributed by atoms with Crippen LogP contribution in [0.15, 0.2) is 24.3 Å².